The van der Waals surface area contributed by atoms with E-state index in [0.717, 1.165) is 24.3 Å². The molecule has 1 saturated heterocycles. The lowest BCUT2D eigenvalue weighted by molar-refractivity contribution is 0.337. The first-order valence-corrected chi connectivity index (χ1v) is 6.66. The Morgan fingerprint density at radius 1 is 1.22 bits per heavy atom. The van der Waals surface area contributed by atoms with Crippen molar-refractivity contribution >= 4 is 0 Å². The summed E-state index contributed by atoms with van der Waals surface area (Å²) in [6, 6.07) is 10.9. The van der Waals surface area contributed by atoms with Crippen LogP contribution >= 0.6 is 0 Å². The van der Waals surface area contributed by atoms with Crippen LogP contribution < -0.4 is 5.32 Å². The van der Waals surface area contributed by atoms with Crippen LogP contribution in [0.4, 0.5) is 0 Å². The van der Waals surface area contributed by atoms with Crippen molar-refractivity contribution in [3.63, 3.8) is 0 Å². The third kappa shape index (κ3) is 2.46. The number of nitrogens with zero attached hydrogens (tertiary/aromatic N) is 1. The lowest BCUT2D eigenvalue weighted by atomic mass is 9.97. The summed E-state index contributed by atoms with van der Waals surface area (Å²) in [5.41, 5.74) is 2.31. The van der Waals surface area contributed by atoms with E-state index in [0.29, 0.717) is 6.04 Å². The average Bonchev–Trinajstić information content (AvgIpc) is 2.89. The van der Waals surface area contributed by atoms with Gasteiger partial charge in [0.1, 0.15) is 5.76 Å². The van der Waals surface area contributed by atoms with Crippen molar-refractivity contribution in [1.29, 1.82) is 0 Å². The molecule has 2 aromatic rings. The zero-order valence-electron chi connectivity index (χ0n) is 10.4. The molecule has 3 heteroatoms. The van der Waals surface area contributed by atoms with Gasteiger partial charge in [0.25, 0.3) is 0 Å². The normalized spacial score (nSPS) is 19.9. The Kier molecular flexibility index (Phi) is 3.42. The van der Waals surface area contributed by atoms with Gasteiger partial charge in [0.15, 0.2) is 0 Å². The Bertz CT molecular complexity index is 486. The molecule has 0 aliphatic carbocycles. The van der Waals surface area contributed by atoms with E-state index in [1.54, 1.807) is 0 Å². The molecule has 18 heavy (non-hydrogen) atoms. The van der Waals surface area contributed by atoms with Crippen LogP contribution in [-0.4, -0.2) is 17.7 Å². The highest BCUT2D eigenvalue weighted by Gasteiger charge is 2.18. The van der Waals surface area contributed by atoms with Gasteiger partial charge in [-0.3, -0.25) is 0 Å². The van der Waals surface area contributed by atoms with Gasteiger partial charge in [0.05, 0.1) is 6.20 Å². The molecule has 2 heterocycles. The van der Waals surface area contributed by atoms with E-state index in [1.165, 1.54) is 24.8 Å². The summed E-state index contributed by atoms with van der Waals surface area (Å²) in [6.07, 6.45) is 6.59. The van der Waals surface area contributed by atoms with Crippen molar-refractivity contribution in [2.24, 2.45) is 0 Å². The second kappa shape index (κ2) is 5.36. The SMILES string of the molecule is c1ccc(-c2cnoc2CC2CCCCN2)cc1. The minimum Gasteiger partial charge on any atom is -0.361 e. The molecule has 1 aliphatic heterocycles. The predicted molar refractivity (Wildman–Crippen MR) is 71.3 cm³/mol. The van der Waals surface area contributed by atoms with Gasteiger partial charge >= 0.3 is 0 Å². The summed E-state index contributed by atoms with van der Waals surface area (Å²) in [7, 11) is 0. The fraction of sp³-hybridized carbons (Fsp3) is 0.400. The van der Waals surface area contributed by atoms with E-state index in [1.807, 2.05) is 24.4 Å². The van der Waals surface area contributed by atoms with Crippen LogP contribution in [0.2, 0.25) is 0 Å². The molecular weight excluding hydrogens is 224 g/mol. The Labute approximate surface area is 107 Å². The van der Waals surface area contributed by atoms with E-state index in [4.69, 9.17) is 4.52 Å². The van der Waals surface area contributed by atoms with E-state index < -0.39 is 0 Å². The molecule has 0 saturated carbocycles. The first kappa shape index (κ1) is 11.5. The van der Waals surface area contributed by atoms with E-state index in [-0.39, 0.29) is 0 Å². The van der Waals surface area contributed by atoms with Gasteiger partial charge in [-0.1, -0.05) is 41.9 Å². The fourth-order valence-electron chi connectivity index (χ4n) is 2.59. The molecule has 1 fully saturated rings. The van der Waals surface area contributed by atoms with Crippen LogP contribution in [0.1, 0.15) is 25.0 Å². The quantitative estimate of drug-likeness (QED) is 0.899. The highest BCUT2D eigenvalue weighted by atomic mass is 16.5. The topological polar surface area (TPSA) is 38.1 Å². The Morgan fingerprint density at radius 3 is 2.89 bits per heavy atom. The van der Waals surface area contributed by atoms with Crippen LogP contribution in [-0.2, 0) is 6.42 Å². The molecular formula is C15H18N2O. The predicted octanol–water partition coefficient (Wildman–Crippen LogP) is 3.03. The summed E-state index contributed by atoms with van der Waals surface area (Å²) in [6.45, 7) is 1.12. The molecule has 0 spiro atoms. The number of benzene rings is 1. The summed E-state index contributed by atoms with van der Waals surface area (Å²) in [5.74, 6) is 1.00. The van der Waals surface area contributed by atoms with Gasteiger partial charge in [0, 0.05) is 18.0 Å². The van der Waals surface area contributed by atoms with Crippen LogP contribution in [0, 0.1) is 0 Å². The monoisotopic (exact) mass is 242 g/mol. The molecule has 1 N–H and O–H groups in total. The maximum Gasteiger partial charge on any atom is 0.146 e. The molecule has 1 aromatic carbocycles. The Balaban J connectivity index is 1.79. The van der Waals surface area contributed by atoms with Crippen molar-refractivity contribution in [3.05, 3.63) is 42.3 Å². The van der Waals surface area contributed by atoms with Gasteiger partial charge in [0.2, 0.25) is 0 Å². The highest BCUT2D eigenvalue weighted by Crippen LogP contribution is 2.25. The largest absolute Gasteiger partial charge is 0.361 e. The molecule has 0 radical (unpaired) electrons. The Morgan fingerprint density at radius 2 is 2.11 bits per heavy atom. The van der Waals surface area contributed by atoms with Crippen LogP contribution in [0.5, 0.6) is 0 Å². The fourth-order valence-corrected chi connectivity index (χ4v) is 2.59. The molecule has 0 amide bonds. The number of hydrogen-bond acceptors (Lipinski definition) is 3. The van der Waals surface area contributed by atoms with Crippen molar-refractivity contribution < 1.29 is 4.52 Å². The number of nitrogens with one attached hydrogen (secondary N) is 1. The number of hydrogen-bond donors (Lipinski definition) is 1. The number of piperidine rings is 1. The lowest BCUT2D eigenvalue weighted by Gasteiger charge is -2.22. The van der Waals surface area contributed by atoms with Crippen LogP contribution in [0.25, 0.3) is 11.1 Å². The molecule has 1 atom stereocenters. The van der Waals surface area contributed by atoms with Crippen molar-refractivity contribution in [2.45, 2.75) is 31.7 Å². The standard InChI is InChI=1S/C15H18N2O/c1-2-6-12(7-3-1)14-11-17-18-15(14)10-13-8-4-5-9-16-13/h1-3,6-7,11,13,16H,4-5,8-10H2. The van der Waals surface area contributed by atoms with Gasteiger partial charge in [-0.15, -0.1) is 0 Å². The van der Waals surface area contributed by atoms with Gasteiger partial charge < -0.3 is 9.84 Å². The van der Waals surface area contributed by atoms with E-state index in [9.17, 15) is 0 Å². The van der Waals surface area contributed by atoms with Gasteiger partial charge in [-0.25, -0.2) is 0 Å². The number of rotatable bonds is 3. The molecule has 1 aromatic heterocycles. The summed E-state index contributed by atoms with van der Waals surface area (Å²) >= 11 is 0. The van der Waals surface area contributed by atoms with Gasteiger partial charge in [-0.05, 0) is 24.9 Å². The molecule has 3 nitrogen and oxygen atoms in total. The number of aromatic nitrogens is 1. The summed E-state index contributed by atoms with van der Waals surface area (Å²) in [5, 5.41) is 7.51. The van der Waals surface area contributed by atoms with E-state index >= 15 is 0 Å². The third-order valence-electron chi connectivity index (χ3n) is 3.57. The minimum absolute atomic E-state index is 0.536. The zero-order valence-corrected chi connectivity index (χ0v) is 10.4. The molecule has 1 aliphatic rings. The summed E-state index contributed by atoms with van der Waals surface area (Å²) in [4.78, 5) is 0. The van der Waals surface area contributed by atoms with Gasteiger partial charge in [-0.2, -0.15) is 0 Å². The molecule has 94 valence electrons. The maximum atomic E-state index is 5.43. The van der Waals surface area contributed by atoms with Crippen molar-refractivity contribution in [2.75, 3.05) is 6.54 Å². The van der Waals surface area contributed by atoms with Crippen molar-refractivity contribution in [3.8, 4) is 11.1 Å². The smallest absolute Gasteiger partial charge is 0.146 e. The third-order valence-corrected chi connectivity index (χ3v) is 3.57. The second-order valence-electron chi connectivity index (χ2n) is 4.88. The van der Waals surface area contributed by atoms with Crippen LogP contribution in [0.15, 0.2) is 41.1 Å². The first-order valence-electron chi connectivity index (χ1n) is 6.66. The van der Waals surface area contributed by atoms with Crippen molar-refractivity contribution in [1.82, 2.24) is 10.5 Å². The average molecular weight is 242 g/mol. The zero-order chi connectivity index (χ0) is 12.2. The molecule has 3 rings (SSSR count). The van der Waals surface area contributed by atoms with Crippen LogP contribution in [0.3, 0.4) is 0 Å². The minimum atomic E-state index is 0.536. The summed E-state index contributed by atoms with van der Waals surface area (Å²) < 4.78 is 5.43. The second-order valence-corrected chi connectivity index (χ2v) is 4.88. The van der Waals surface area contributed by atoms with E-state index in [2.05, 4.69) is 22.6 Å². The lowest BCUT2D eigenvalue weighted by Crippen LogP contribution is -2.35. The highest BCUT2D eigenvalue weighted by molar-refractivity contribution is 5.64. The first-order chi connectivity index (χ1) is 8.93. The molecule has 0 bridgehead atoms. The maximum absolute atomic E-state index is 5.43. The Hall–Kier alpha value is -1.61. The molecule has 1 unspecified atom stereocenters.